The first-order chi connectivity index (χ1) is 12.0. The van der Waals surface area contributed by atoms with Gasteiger partial charge in [-0.1, -0.05) is 12.0 Å². The number of rotatable bonds is 4. The van der Waals surface area contributed by atoms with E-state index in [9.17, 15) is 4.79 Å². The molecule has 0 saturated heterocycles. The molecule has 1 amide bonds. The highest BCUT2D eigenvalue weighted by atomic mass is 32.2. The normalized spacial score (nSPS) is 19.4. The number of thioether (sulfide) groups is 1. The van der Waals surface area contributed by atoms with Crippen LogP contribution in [0.3, 0.4) is 0 Å². The molecule has 1 aliphatic heterocycles. The van der Waals surface area contributed by atoms with Crippen molar-refractivity contribution in [3.8, 4) is 23.8 Å². The lowest BCUT2D eigenvalue weighted by Crippen LogP contribution is -2.21. The number of aromatic amines is 1. The number of anilines is 1. The molecule has 2 aromatic rings. The fraction of sp³-hybridized carbons (Fsp3) is 0.333. The highest BCUT2D eigenvalue weighted by molar-refractivity contribution is 8.01. The molecule has 0 saturated carbocycles. The van der Waals surface area contributed by atoms with Crippen molar-refractivity contribution in [3.05, 3.63) is 35.0 Å². The second kappa shape index (κ2) is 7.11. The predicted octanol–water partition coefficient (Wildman–Crippen LogP) is 2.90. The van der Waals surface area contributed by atoms with Gasteiger partial charge in [0.05, 0.1) is 17.6 Å². The zero-order chi connectivity index (χ0) is 18.0. The van der Waals surface area contributed by atoms with Gasteiger partial charge in [0.25, 0.3) is 0 Å². The third kappa shape index (κ3) is 3.30. The number of terminal acetylenes is 1. The van der Waals surface area contributed by atoms with Crippen molar-refractivity contribution < 1.29 is 14.3 Å². The molecular weight excluding hydrogens is 338 g/mol. The zero-order valence-corrected chi connectivity index (χ0v) is 15.1. The second-order valence-corrected chi connectivity index (χ2v) is 7.11. The van der Waals surface area contributed by atoms with Crippen LogP contribution < -0.4 is 14.8 Å². The number of carbonyl (C=O) groups is 1. The maximum absolute atomic E-state index is 12.2. The largest absolute Gasteiger partial charge is 0.493 e. The number of nitrogens with zero attached hydrogens (tertiary/aromatic N) is 1. The average Bonchev–Trinajstić information content (AvgIpc) is 2.91. The van der Waals surface area contributed by atoms with Gasteiger partial charge in [0, 0.05) is 11.3 Å². The highest BCUT2D eigenvalue weighted by Crippen LogP contribution is 2.46. The number of benzene rings is 1. The maximum atomic E-state index is 12.2. The first-order valence-corrected chi connectivity index (χ1v) is 8.74. The quantitative estimate of drug-likeness (QED) is 0.823. The number of aromatic nitrogens is 2. The van der Waals surface area contributed by atoms with E-state index in [1.54, 1.807) is 18.9 Å². The summed E-state index contributed by atoms with van der Waals surface area (Å²) in [4.78, 5) is 12.2. The van der Waals surface area contributed by atoms with E-state index < -0.39 is 0 Å². The van der Waals surface area contributed by atoms with Crippen LogP contribution in [0.25, 0.3) is 0 Å². The Bertz CT molecular complexity index is 841. The van der Waals surface area contributed by atoms with Crippen LogP contribution in [0.2, 0.25) is 0 Å². The van der Waals surface area contributed by atoms with Gasteiger partial charge in [-0.2, -0.15) is 5.10 Å². The van der Waals surface area contributed by atoms with E-state index in [2.05, 4.69) is 21.4 Å². The topological polar surface area (TPSA) is 76.2 Å². The Hall–Kier alpha value is -2.59. The molecule has 2 N–H and O–H groups in total. The highest BCUT2D eigenvalue weighted by Gasteiger charge is 2.32. The third-order valence-electron chi connectivity index (χ3n) is 4.01. The van der Waals surface area contributed by atoms with Crippen molar-refractivity contribution in [3.63, 3.8) is 0 Å². The number of H-pyrrole nitrogens is 1. The molecule has 6 nitrogen and oxygen atoms in total. The summed E-state index contributed by atoms with van der Waals surface area (Å²) in [6.07, 6.45) is 5.25. The fourth-order valence-corrected chi connectivity index (χ4v) is 4.06. The minimum Gasteiger partial charge on any atom is -0.493 e. The first-order valence-electron chi connectivity index (χ1n) is 7.80. The van der Waals surface area contributed by atoms with Gasteiger partial charge in [-0.25, -0.2) is 0 Å². The summed E-state index contributed by atoms with van der Waals surface area (Å²) in [6.45, 7) is 4.01. The number of hydrogen-bond donors (Lipinski definition) is 2. The summed E-state index contributed by atoms with van der Waals surface area (Å²) in [6, 6.07) is 5.72. The molecule has 0 spiro atoms. The van der Waals surface area contributed by atoms with Gasteiger partial charge < -0.3 is 14.8 Å². The Labute approximate surface area is 150 Å². The standard InChI is InChI=1S/C18H19N3O3S/c1-5-8-24-13-7-6-12(9-14(13)23-4)16-15-10(2)20-21-17(15)19-18(22)11(3)25-16/h1,6-7,9,11,16H,8H2,2-4H3,(H2,19,20,21,22)/t11-,16-/m1/s1. The molecule has 0 unspecified atom stereocenters. The van der Waals surface area contributed by atoms with Crippen LogP contribution in [0.15, 0.2) is 18.2 Å². The van der Waals surface area contributed by atoms with Crippen molar-refractivity contribution >= 4 is 23.5 Å². The van der Waals surface area contributed by atoms with Gasteiger partial charge in [0.1, 0.15) is 6.61 Å². The first kappa shape index (κ1) is 17.2. The van der Waals surface area contributed by atoms with Gasteiger partial charge in [0.15, 0.2) is 17.3 Å². The summed E-state index contributed by atoms with van der Waals surface area (Å²) in [5.41, 5.74) is 2.90. The lowest BCUT2D eigenvalue weighted by atomic mass is 10.0. The van der Waals surface area contributed by atoms with E-state index in [0.29, 0.717) is 17.3 Å². The molecular formula is C18H19N3O3S. The number of carbonyl (C=O) groups excluding carboxylic acids is 1. The molecule has 7 heteroatoms. The monoisotopic (exact) mass is 357 g/mol. The van der Waals surface area contributed by atoms with Gasteiger partial charge in [-0.15, -0.1) is 18.2 Å². The third-order valence-corrected chi connectivity index (χ3v) is 5.41. The summed E-state index contributed by atoms with van der Waals surface area (Å²) >= 11 is 1.57. The van der Waals surface area contributed by atoms with Gasteiger partial charge >= 0.3 is 0 Å². The minimum atomic E-state index is -0.207. The number of fused-ring (bicyclic) bond motifs is 1. The molecule has 1 aromatic heterocycles. The molecule has 1 aliphatic rings. The lowest BCUT2D eigenvalue weighted by Gasteiger charge is -2.19. The lowest BCUT2D eigenvalue weighted by molar-refractivity contribution is -0.115. The molecule has 2 atom stereocenters. The predicted molar refractivity (Wildman–Crippen MR) is 98.2 cm³/mol. The van der Waals surface area contributed by atoms with E-state index in [1.807, 2.05) is 32.0 Å². The van der Waals surface area contributed by atoms with E-state index in [4.69, 9.17) is 15.9 Å². The maximum Gasteiger partial charge on any atom is 0.238 e. The van der Waals surface area contributed by atoms with E-state index in [0.717, 1.165) is 16.8 Å². The van der Waals surface area contributed by atoms with Crippen molar-refractivity contribution in [2.45, 2.75) is 24.3 Å². The molecule has 0 aliphatic carbocycles. The zero-order valence-electron chi connectivity index (χ0n) is 14.3. The van der Waals surface area contributed by atoms with Crippen molar-refractivity contribution in [1.29, 1.82) is 0 Å². The van der Waals surface area contributed by atoms with Crippen LogP contribution >= 0.6 is 11.8 Å². The summed E-state index contributed by atoms with van der Waals surface area (Å²) in [7, 11) is 1.59. The Morgan fingerprint density at radius 2 is 2.20 bits per heavy atom. The smallest absolute Gasteiger partial charge is 0.238 e. The van der Waals surface area contributed by atoms with Gasteiger partial charge in [-0.05, 0) is 31.5 Å². The number of nitrogens with one attached hydrogen (secondary N) is 2. The summed E-state index contributed by atoms with van der Waals surface area (Å²) in [5, 5.41) is 9.80. The molecule has 2 heterocycles. The molecule has 25 heavy (non-hydrogen) atoms. The molecule has 130 valence electrons. The average molecular weight is 357 g/mol. The summed E-state index contributed by atoms with van der Waals surface area (Å²) < 4.78 is 11.0. The van der Waals surface area contributed by atoms with E-state index >= 15 is 0 Å². The van der Waals surface area contributed by atoms with Crippen molar-refractivity contribution in [2.24, 2.45) is 0 Å². The van der Waals surface area contributed by atoms with Crippen molar-refractivity contribution in [2.75, 3.05) is 19.0 Å². The molecule has 3 rings (SSSR count). The Kier molecular flexibility index (Phi) is 4.91. The van der Waals surface area contributed by atoms with Crippen LogP contribution in [0, 0.1) is 19.3 Å². The van der Waals surface area contributed by atoms with Crippen LogP contribution in [0.4, 0.5) is 5.82 Å². The Morgan fingerprint density at radius 3 is 2.92 bits per heavy atom. The van der Waals surface area contributed by atoms with Crippen LogP contribution in [-0.2, 0) is 4.79 Å². The van der Waals surface area contributed by atoms with Gasteiger partial charge in [-0.3, -0.25) is 9.89 Å². The molecule has 0 fully saturated rings. The van der Waals surface area contributed by atoms with E-state index in [-0.39, 0.29) is 23.0 Å². The minimum absolute atomic E-state index is 0.0545. The molecule has 1 aromatic carbocycles. The number of ether oxygens (including phenoxy) is 2. The number of amides is 1. The number of hydrogen-bond acceptors (Lipinski definition) is 5. The van der Waals surface area contributed by atoms with Crippen LogP contribution in [0.5, 0.6) is 11.5 Å². The van der Waals surface area contributed by atoms with Crippen LogP contribution in [0.1, 0.15) is 29.0 Å². The second-order valence-electron chi connectivity index (χ2n) is 5.66. The fourth-order valence-electron chi connectivity index (χ4n) is 2.74. The molecule has 0 radical (unpaired) electrons. The van der Waals surface area contributed by atoms with Crippen LogP contribution in [-0.4, -0.2) is 35.1 Å². The van der Waals surface area contributed by atoms with Gasteiger partial charge in [0.2, 0.25) is 5.91 Å². The van der Waals surface area contributed by atoms with E-state index in [1.165, 1.54) is 0 Å². The number of methoxy groups -OCH3 is 1. The summed E-state index contributed by atoms with van der Waals surface area (Å²) in [5.74, 6) is 4.16. The number of aryl methyl sites for hydroxylation is 1. The Morgan fingerprint density at radius 1 is 1.40 bits per heavy atom. The SMILES string of the molecule is C#CCOc1ccc([C@H]2S[C@H](C)C(=O)Nc3n[nH]c(C)c32)cc1OC. The Balaban J connectivity index is 2.04. The van der Waals surface area contributed by atoms with Crippen molar-refractivity contribution in [1.82, 2.24) is 10.2 Å². The molecule has 0 bridgehead atoms.